The van der Waals surface area contributed by atoms with Gasteiger partial charge in [-0.05, 0) is 29.7 Å². The molecule has 0 atom stereocenters. The van der Waals surface area contributed by atoms with Gasteiger partial charge in [0.1, 0.15) is 17.6 Å². The third-order valence-corrected chi connectivity index (χ3v) is 5.38. The van der Waals surface area contributed by atoms with Gasteiger partial charge < -0.3 is 14.8 Å². The van der Waals surface area contributed by atoms with Crippen LogP contribution in [0.3, 0.4) is 0 Å². The van der Waals surface area contributed by atoms with Crippen molar-refractivity contribution in [1.29, 1.82) is 5.26 Å². The number of nitriles is 1. The largest absolute Gasteiger partial charge is 0.508 e. The maximum Gasteiger partial charge on any atom is 0.128 e. The van der Waals surface area contributed by atoms with Crippen LogP contribution in [0.4, 0.5) is 0 Å². The number of hydrogen-bond acceptors (Lipinski definition) is 4. The second kappa shape index (κ2) is 6.10. The van der Waals surface area contributed by atoms with Crippen LogP contribution in [-0.2, 0) is 0 Å². The number of phenols is 1. The van der Waals surface area contributed by atoms with E-state index in [9.17, 15) is 15.5 Å². The number of phenolic OH excluding ortho intramolecular Hbond substituents is 1. The van der Waals surface area contributed by atoms with E-state index in [4.69, 9.17) is 0 Å². The Morgan fingerprint density at radius 2 is 1.92 bits per heavy atom. The Morgan fingerprint density at radius 1 is 1.12 bits per heavy atom. The number of aliphatic hydroxyl groups excluding tert-OH is 1. The number of hydrogen-bond donors (Lipinski definition) is 2. The summed E-state index contributed by atoms with van der Waals surface area (Å²) in [6, 6.07) is 17.3. The highest BCUT2D eigenvalue weighted by molar-refractivity contribution is 7.22. The minimum Gasteiger partial charge on any atom is -0.508 e. The summed E-state index contributed by atoms with van der Waals surface area (Å²) in [5.41, 5.74) is 2.39. The van der Waals surface area contributed by atoms with Crippen LogP contribution in [0.5, 0.6) is 5.75 Å². The third-order valence-electron chi connectivity index (χ3n) is 4.23. The van der Waals surface area contributed by atoms with Gasteiger partial charge in [0.05, 0.1) is 11.1 Å². The van der Waals surface area contributed by atoms with Crippen LogP contribution in [-0.4, -0.2) is 14.8 Å². The molecular formula is C21H14N2O2S. The minimum absolute atomic E-state index is 0.0642. The van der Waals surface area contributed by atoms with E-state index in [1.807, 2.05) is 18.3 Å². The van der Waals surface area contributed by atoms with Gasteiger partial charge in [-0.2, -0.15) is 5.26 Å². The molecule has 126 valence electrons. The summed E-state index contributed by atoms with van der Waals surface area (Å²) < 4.78 is 2.96. The van der Waals surface area contributed by atoms with E-state index in [1.165, 1.54) is 10.8 Å². The Bertz CT molecular complexity index is 1160. The molecule has 26 heavy (non-hydrogen) atoms. The standard InChI is InChI=1S/C21H14N2O2S/c1-13(24)17-7-6-16(9-19(17)25)23-11-15(10-22)18(12-23)21-8-14-4-2-3-5-20(14)26-21/h2-9,11-12,24-25H,1H2. The first-order chi connectivity index (χ1) is 12.6. The van der Waals surface area contributed by atoms with Gasteiger partial charge in [-0.25, -0.2) is 0 Å². The third kappa shape index (κ3) is 2.63. The summed E-state index contributed by atoms with van der Waals surface area (Å²) in [4.78, 5) is 1.02. The van der Waals surface area contributed by atoms with Gasteiger partial charge in [-0.1, -0.05) is 24.8 Å². The lowest BCUT2D eigenvalue weighted by Gasteiger charge is -2.07. The molecule has 5 heteroatoms. The number of aromatic hydroxyl groups is 1. The molecule has 0 aliphatic heterocycles. The normalized spacial score (nSPS) is 10.7. The quantitative estimate of drug-likeness (QED) is 0.477. The van der Waals surface area contributed by atoms with Gasteiger partial charge in [0.2, 0.25) is 0 Å². The summed E-state index contributed by atoms with van der Waals surface area (Å²) >= 11 is 1.64. The van der Waals surface area contributed by atoms with Crippen LogP contribution < -0.4 is 0 Å². The number of nitrogens with zero attached hydrogens (tertiary/aromatic N) is 2. The van der Waals surface area contributed by atoms with Crippen molar-refractivity contribution in [2.24, 2.45) is 0 Å². The summed E-state index contributed by atoms with van der Waals surface area (Å²) in [6.07, 6.45) is 3.62. The zero-order valence-corrected chi connectivity index (χ0v) is 14.5. The molecule has 0 radical (unpaired) electrons. The summed E-state index contributed by atoms with van der Waals surface area (Å²) in [5.74, 6) is -0.254. The zero-order chi connectivity index (χ0) is 18.3. The van der Waals surface area contributed by atoms with Crippen LogP contribution in [0.15, 0.2) is 67.5 Å². The molecule has 0 amide bonds. The van der Waals surface area contributed by atoms with Gasteiger partial charge in [0, 0.05) is 39.3 Å². The molecule has 0 unspecified atom stereocenters. The fourth-order valence-electron chi connectivity index (χ4n) is 2.93. The van der Waals surface area contributed by atoms with Crippen LogP contribution >= 0.6 is 11.3 Å². The lowest BCUT2D eigenvalue weighted by atomic mass is 10.1. The van der Waals surface area contributed by atoms with Gasteiger partial charge in [0.15, 0.2) is 0 Å². The van der Waals surface area contributed by atoms with Crippen LogP contribution in [0, 0.1) is 11.3 Å². The topological polar surface area (TPSA) is 69.2 Å². The summed E-state index contributed by atoms with van der Waals surface area (Å²) in [6.45, 7) is 3.43. The second-order valence-electron chi connectivity index (χ2n) is 5.90. The smallest absolute Gasteiger partial charge is 0.128 e. The average molecular weight is 358 g/mol. The molecule has 0 fully saturated rings. The predicted molar refractivity (Wildman–Crippen MR) is 105 cm³/mol. The molecule has 4 rings (SSSR count). The molecule has 2 aromatic carbocycles. The van der Waals surface area contributed by atoms with E-state index in [1.54, 1.807) is 34.2 Å². The van der Waals surface area contributed by atoms with Crippen LogP contribution in [0.2, 0.25) is 0 Å². The fraction of sp³-hybridized carbons (Fsp3) is 0. The Labute approximate surface area is 154 Å². The number of benzene rings is 2. The van der Waals surface area contributed by atoms with Crippen LogP contribution in [0.25, 0.3) is 32.0 Å². The van der Waals surface area contributed by atoms with E-state index in [2.05, 4.69) is 30.8 Å². The lowest BCUT2D eigenvalue weighted by molar-refractivity contribution is 0.460. The van der Waals surface area contributed by atoms with E-state index in [0.717, 1.165) is 15.8 Å². The summed E-state index contributed by atoms with van der Waals surface area (Å²) in [7, 11) is 0. The number of aliphatic hydroxyl groups is 1. The molecular weight excluding hydrogens is 344 g/mol. The molecule has 0 spiro atoms. The van der Waals surface area contributed by atoms with Crippen molar-refractivity contribution in [3.05, 3.63) is 78.6 Å². The fourth-order valence-corrected chi connectivity index (χ4v) is 4.02. The number of rotatable bonds is 3. The first-order valence-corrected chi connectivity index (χ1v) is 8.71. The highest BCUT2D eigenvalue weighted by Crippen LogP contribution is 2.36. The Balaban J connectivity index is 1.82. The Kier molecular flexibility index (Phi) is 3.76. The maximum absolute atomic E-state index is 10.1. The van der Waals surface area contributed by atoms with Crippen molar-refractivity contribution in [2.45, 2.75) is 0 Å². The van der Waals surface area contributed by atoms with Crippen molar-refractivity contribution in [3.8, 4) is 27.9 Å². The monoisotopic (exact) mass is 358 g/mol. The molecule has 2 N–H and O–H groups in total. The van der Waals surface area contributed by atoms with Crippen molar-refractivity contribution < 1.29 is 10.2 Å². The van der Waals surface area contributed by atoms with Crippen molar-refractivity contribution in [1.82, 2.24) is 4.57 Å². The highest BCUT2D eigenvalue weighted by atomic mass is 32.1. The SMILES string of the molecule is C=C(O)c1ccc(-n2cc(C#N)c(-c3cc4ccccc4s3)c2)cc1O. The maximum atomic E-state index is 10.1. The van der Waals surface area contributed by atoms with E-state index >= 15 is 0 Å². The number of fused-ring (bicyclic) bond motifs is 1. The Hall–Kier alpha value is -3.49. The van der Waals surface area contributed by atoms with Crippen molar-refractivity contribution in [3.63, 3.8) is 0 Å². The highest BCUT2D eigenvalue weighted by Gasteiger charge is 2.14. The molecule has 4 nitrogen and oxygen atoms in total. The second-order valence-corrected chi connectivity index (χ2v) is 6.99. The number of aromatic nitrogens is 1. The van der Waals surface area contributed by atoms with Crippen molar-refractivity contribution >= 4 is 27.2 Å². The first kappa shape index (κ1) is 16.0. The first-order valence-electron chi connectivity index (χ1n) is 7.89. The number of thiophene rings is 1. The van der Waals surface area contributed by atoms with E-state index in [-0.39, 0.29) is 17.1 Å². The van der Waals surface area contributed by atoms with Gasteiger partial charge in [-0.3, -0.25) is 0 Å². The average Bonchev–Trinajstić information content (AvgIpc) is 3.24. The minimum atomic E-state index is -0.190. The molecule has 0 aliphatic carbocycles. The van der Waals surface area contributed by atoms with Gasteiger partial charge in [-0.15, -0.1) is 11.3 Å². The van der Waals surface area contributed by atoms with E-state index < -0.39 is 0 Å². The summed E-state index contributed by atoms with van der Waals surface area (Å²) in [5, 5.41) is 30.2. The molecule has 0 saturated heterocycles. The Morgan fingerprint density at radius 3 is 2.62 bits per heavy atom. The van der Waals surface area contributed by atoms with Gasteiger partial charge in [0.25, 0.3) is 0 Å². The van der Waals surface area contributed by atoms with Crippen molar-refractivity contribution in [2.75, 3.05) is 0 Å². The predicted octanol–water partition coefficient (Wildman–Crippen LogP) is 5.46. The molecule has 2 aromatic heterocycles. The molecule has 4 aromatic rings. The molecule has 0 aliphatic rings. The lowest BCUT2D eigenvalue weighted by Crippen LogP contribution is -1.91. The molecule has 0 saturated carbocycles. The molecule has 2 heterocycles. The van der Waals surface area contributed by atoms with Crippen LogP contribution in [0.1, 0.15) is 11.1 Å². The zero-order valence-electron chi connectivity index (χ0n) is 13.7. The molecule has 0 bridgehead atoms. The van der Waals surface area contributed by atoms with E-state index in [0.29, 0.717) is 11.3 Å². The van der Waals surface area contributed by atoms with Gasteiger partial charge >= 0.3 is 0 Å².